The number of nitrogens with zero attached hydrogens (tertiary/aromatic N) is 1. The first kappa shape index (κ1) is 15.8. The second kappa shape index (κ2) is 7.41. The number of para-hydroxylation sites is 1. The fourth-order valence-electron chi connectivity index (χ4n) is 2.13. The van der Waals surface area contributed by atoms with Crippen LogP contribution in [0.5, 0.6) is 5.75 Å². The largest absolute Gasteiger partial charge is 0.415 e. The summed E-state index contributed by atoms with van der Waals surface area (Å²) in [5.41, 5.74) is 0.947. The van der Waals surface area contributed by atoms with Gasteiger partial charge in [-0.2, -0.15) is 0 Å². The molecule has 0 aliphatic rings. The average molecular weight is 297 g/mol. The Balaban J connectivity index is 2.28. The molecular formula is C18H19NO3. The van der Waals surface area contributed by atoms with Gasteiger partial charge in [-0.05, 0) is 26.0 Å². The minimum absolute atomic E-state index is 0.163. The first-order chi connectivity index (χ1) is 10.7. The monoisotopic (exact) mass is 297 g/mol. The molecule has 4 heteroatoms. The standard InChI is InChI=1S/C18H19NO3/c1-3-19(4-2)18(21)22-16-13-9-8-12-15(16)17(20)14-10-6-5-7-11-14/h5-13H,3-4H2,1-2H3. The van der Waals surface area contributed by atoms with Crippen molar-refractivity contribution in [3.63, 3.8) is 0 Å². The summed E-state index contributed by atoms with van der Waals surface area (Å²) in [6, 6.07) is 15.7. The molecule has 0 fully saturated rings. The number of ketones is 1. The lowest BCUT2D eigenvalue weighted by Crippen LogP contribution is -2.33. The third-order valence-corrected chi connectivity index (χ3v) is 3.39. The SMILES string of the molecule is CCN(CC)C(=O)Oc1ccccc1C(=O)c1ccccc1. The molecule has 114 valence electrons. The number of benzene rings is 2. The van der Waals surface area contributed by atoms with Crippen molar-refractivity contribution in [2.45, 2.75) is 13.8 Å². The van der Waals surface area contributed by atoms with E-state index in [-0.39, 0.29) is 11.5 Å². The van der Waals surface area contributed by atoms with Gasteiger partial charge in [0.2, 0.25) is 0 Å². The smallest absolute Gasteiger partial charge is 0.409 e. The molecule has 0 spiro atoms. The zero-order valence-corrected chi connectivity index (χ0v) is 12.8. The highest BCUT2D eigenvalue weighted by Crippen LogP contribution is 2.22. The van der Waals surface area contributed by atoms with Crippen LogP contribution in [0.15, 0.2) is 54.6 Å². The first-order valence-electron chi connectivity index (χ1n) is 7.32. The van der Waals surface area contributed by atoms with Crippen molar-refractivity contribution >= 4 is 11.9 Å². The fraction of sp³-hybridized carbons (Fsp3) is 0.222. The molecule has 0 bridgehead atoms. The maximum atomic E-state index is 12.6. The number of rotatable bonds is 5. The number of hydrogen-bond donors (Lipinski definition) is 0. The number of carbonyl (C=O) groups excluding carboxylic acids is 2. The van der Waals surface area contributed by atoms with Gasteiger partial charge in [-0.25, -0.2) is 4.79 Å². The van der Waals surface area contributed by atoms with E-state index in [1.807, 2.05) is 19.9 Å². The number of amides is 1. The number of ether oxygens (including phenoxy) is 1. The Morgan fingerprint density at radius 3 is 2.14 bits per heavy atom. The van der Waals surface area contributed by atoms with Crippen LogP contribution in [-0.2, 0) is 0 Å². The van der Waals surface area contributed by atoms with Crippen LogP contribution in [0.1, 0.15) is 29.8 Å². The Kier molecular flexibility index (Phi) is 5.31. The molecule has 0 aliphatic heterocycles. The summed E-state index contributed by atoms with van der Waals surface area (Å²) in [6.45, 7) is 4.88. The van der Waals surface area contributed by atoms with Crippen LogP contribution in [0, 0.1) is 0 Å². The first-order valence-corrected chi connectivity index (χ1v) is 7.32. The van der Waals surface area contributed by atoms with E-state index in [2.05, 4.69) is 0 Å². The molecule has 2 aromatic carbocycles. The second-order valence-corrected chi connectivity index (χ2v) is 4.73. The topological polar surface area (TPSA) is 46.6 Å². The third-order valence-electron chi connectivity index (χ3n) is 3.39. The van der Waals surface area contributed by atoms with Gasteiger partial charge in [0, 0.05) is 18.7 Å². The van der Waals surface area contributed by atoms with Gasteiger partial charge in [0.15, 0.2) is 5.78 Å². The van der Waals surface area contributed by atoms with E-state index in [9.17, 15) is 9.59 Å². The van der Waals surface area contributed by atoms with Crippen LogP contribution < -0.4 is 4.74 Å². The minimum Gasteiger partial charge on any atom is -0.409 e. The van der Waals surface area contributed by atoms with Gasteiger partial charge in [0.05, 0.1) is 5.56 Å². The summed E-state index contributed by atoms with van der Waals surface area (Å²) in [7, 11) is 0. The summed E-state index contributed by atoms with van der Waals surface area (Å²) in [4.78, 5) is 26.2. The lowest BCUT2D eigenvalue weighted by molar-refractivity contribution is 0.103. The van der Waals surface area contributed by atoms with Gasteiger partial charge in [0.25, 0.3) is 0 Å². The molecular weight excluding hydrogens is 278 g/mol. The molecule has 2 rings (SSSR count). The minimum atomic E-state index is -0.446. The van der Waals surface area contributed by atoms with E-state index in [4.69, 9.17) is 4.74 Å². The van der Waals surface area contributed by atoms with Crippen LogP contribution >= 0.6 is 0 Å². The molecule has 0 radical (unpaired) electrons. The maximum absolute atomic E-state index is 12.6. The van der Waals surface area contributed by atoms with Crippen molar-refractivity contribution in [1.29, 1.82) is 0 Å². The summed E-state index contributed by atoms with van der Waals surface area (Å²) < 4.78 is 5.40. The molecule has 0 atom stereocenters. The molecule has 2 aromatic rings. The molecule has 22 heavy (non-hydrogen) atoms. The predicted octanol–water partition coefficient (Wildman–Crippen LogP) is 3.76. The Labute approximate surface area is 130 Å². The lowest BCUT2D eigenvalue weighted by Gasteiger charge is -2.18. The number of hydrogen-bond acceptors (Lipinski definition) is 3. The Bertz CT molecular complexity index is 648. The van der Waals surface area contributed by atoms with E-state index in [1.165, 1.54) is 0 Å². The molecule has 0 N–H and O–H groups in total. The molecule has 4 nitrogen and oxygen atoms in total. The van der Waals surface area contributed by atoms with E-state index in [0.29, 0.717) is 24.2 Å². The van der Waals surface area contributed by atoms with Crippen molar-refractivity contribution in [2.75, 3.05) is 13.1 Å². The van der Waals surface area contributed by atoms with E-state index >= 15 is 0 Å². The fourth-order valence-corrected chi connectivity index (χ4v) is 2.13. The zero-order valence-electron chi connectivity index (χ0n) is 12.8. The predicted molar refractivity (Wildman–Crippen MR) is 85.3 cm³/mol. The van der Waals surface area contributed by atoms with E-state index in [1.54, 1.807) is 53.4 Å². The maximum Gasteiger partial charge on any atom is 0.415 e. The summed E-state index contributed by atoms with van der Waals surface area (Å²) in [6.07, 6.45) is -0.446. The average Bonchev–Trinajstić information content (AvgIpc) is 2.56. The molecule has 0 unspecified atom stereocenters. The van der Waals surface area contributed by atoms with Gasteiger partial charge in [-0.3, -0.25) is 4.79 Å². The lowest BCUT2D eigenvalue weighted by atomic mass is 10.0. The summed E-state index contributed by atoms with van der Waals surface area (Å²) in [5.74, 6) is 0.122. The Morgan fingerprint density at radius 1 is 0.909 bits per heavy atom. The Morgan fingerprint density at radius 2 is 1.50 bits per heavy atom. The van der Waals surface area contributed by atoms with Crippen LogP contribution in [0.2, 0.25) is 0 Å². The van der Waals surface area contributed by atoms with Crippen LogP contribution in [-0.4, -0.2) is 29.9 Å². The van der Waals surface area contributed by atoms with Gasteiger partial charge >= 0.3 is 6.09 Å². The molecule has 1 amide bonds. The van der Waals surface area contributed by atoms with Crippen molar-refractivity contribution in [3.05, 3.63) is 65.7 Å². The Hall–Kier alpha value is -2.62. The molecule has 0 aromatic heterocycles. The van der Waals surface area contributed by atoms with Crippen LogP contribution in [0.25, 0.3) is 0 Å². The van der Waals surface area contributed by atoms with Crippen LogP contribution in [0.4, 0.5) is 4.79 Å². The molecule has 0 saturated heterocycles. The zero-order chi connectivity index (χ0) is 15.9. The third kappa shape index (κ3) is 3.52. The van der Waals surface area contributed by atoms with Crippen molar-refractivity contribution < 1.29 is 14.3 Å². The van der Waals surface area contributed by atoms with E-state index < -0.39 is 6.09 Å². The molecule has 0 heterocycles. The highest BCUT2D eigenvalue weighted by Gasteiger charge is 2.18. The van der Waals surface area contributed by atoms with Gasteiger partial charge in [0.1, 0.15) is 5.75 Å². The number of carbonyl (C=O) groups is 2. The van der Waals surface area contributed by atoms with Gasteiger partial charge in [-0.1, -0.05) is 42.5 Å². The molecule has 0 saturated carbocycles. The van der Waals surface area contributed by atoms with Crippen molar-refractivity contribution in [3.8, 4) is 5.75 Å². The normalized spacial score (nSPS) is 10.1. The van der Waals surface area contributed by atoms with Crippen molar-refractivity contribution in [2.24, 2.45) is 0 Å². The van der Waals surface area contributed by atoms with Crippen LogP contribution in [0.3, 0.4) is 0 Å². The van der Waals surface area contributed by atoms with Gasteiger partial charge < -0.3 is 9.64 Å². The van der Waals surface area contributed by atoms with Gasteiger partial charge in [-0.15, -0.1) is 0 Å². The summed E-state index contributed by atoms with van der Waals surface area (Å²) >= 11 is 0. The highest BCUT2D eigenvalue weighted by molar-refractivity contribution is 6.10. The highest BCUT2D eigenvalue weighted by atomic mass is 16.6. The van der Waals surface area contributed by atoms with Crippen molar-refractivity contribution in [1.82, 2.24) is 4.90 Å². The molecule has 0 aliphatic carbocycles. The van der Waals surface area contributed by atoms with E-state index in [0.717, 1.165) is 0 Å². The summed E-state index contributed by atoms with van der Waals surface area (Å²) in [5, 5.41) is 0. The quantitative estimate of drug-likeness (QED) is 0.789. The second-order valence-electron chi connectivity index (χ2n) is 4.73.